The number of hydrogen-bond donors (Lipinski definition) is 0. The summed E-state index contributed by atoms with van der Waals surface area (Å²) in [6.45, 7) is 0. The minimum atomic E-state index is -0.466. The van der Waals surface area contributed by atoms with Gasteiger partial charge < -0.3 is 0 Å². The second-order valence-corrected chi connectivity index (χ2v) is 14.0. The molecule has 0 saturated carbocycles. The molecule has 258 valence electrons. The lowest BCUT2D eigenvalue weighted by Gasteiger charge is -2.34. The number of nitrogens with zero attached hydrogens (tertiary/aromatic N) is 3. The molecule has 0 unspecified atom stereocenters. The zero-order valence-electron chi connectivity index (χ0n) is 30.0. The standard InChI is InChI=1S/C52H35N3/c1-5-17-36(18-6-1)37-31-33-39(34-32-37)50-53-49(38-19-7-2-8-20-38)54-51(55-50)41-22-15-21-40(35-41)44-28-16-30-47-48(44)45-27-13-14-29-46(45)52(47,42-23-9-3-10-24-42)43-25-11-4-12-26-43/h1-35H. The highest BCUT2D eigenvalue weighted by molar-refractivity contribution is 5.96. The van der Waals surface area contributed by atoms with Crippen LogP contribution in [0, 0.1) is 0 Å². The first-order chi connectivity index (χ1) is 27.3. The van der Waals surface area contributed by atoms with Crippen LogP contribution >= 0.6 is 0 Å². The third kappa shape index (κ3) is 5.57. The molecule has 10 rings (SSSR count). The SMILES string of the molecule is c1ccc(-c2ccc(-c3nc(-c4ccccc4)nc(-c4cccc(-c5cccc6c5-c5ccccc5C6(c5ccccc5)c5ccccc5)c4)n3)cc2)cc1. The molecule has 55 heavy (non-hydrogen) atoms. The van der Waals surface area contributed by atoms with Crippen LogP contribution < -0.4 is 0 Å². The lowest BCUT2D eigenvalue weighted by Crippen LogP contribution is -2.28. The summed E-state index contributed by atoms with van der Waals surface area (Å²) in [6, 6.07) is 75.3. The fraction of sp³-hybridized carbons (Fsp3) is 0.0192. The first-order valence-corrected chi connectivity index (χ1v) is 18.7. The van der Waals surface area contributed by atoms with Crippen molar-refractivity contribution in [2.45, 2.75) is 5.41 Å². The van der Waals surface area contributed by atoms with Crippen LogP contribution in [0.3, 0.4) is 0 Å². The van der Waals surface area contributed by atoms with E-state index in [4.69, 9.17) is 15.0 Å². The summed E-state index contributed by atoms with van der Waals surface area (Å²) in [6.07, 6.45) is 0. The Bertz CT molecular complexity index is 2740. The van der Waals surface area contributed by atoms with Gasteiger partial charge >= 0.3 is 0 Å². The lowest BCUT2D eigenvalue weighted by molar-refractivity contribution is 0.768. The number of fused-ring (bicyclic) bond motifs is 3. The van der Waals surface area contributed by atoms with E-state index < -0.39 is 5.41 Å². The molecule has 3 nitrogen and oxygen atoms in total. The molecule has 8 aromatic carbocycles. The molecule has 1 aromatic heterocycles. The van der Waals surface area contributed by atoms with Gasteiger partial charge in [0.2, 0.25) is 0 Å². The predicted molar refractivity (Wildman–Crippen MR) is 224 cm³/mol. The number of aromatic nitrogens is 3. The Morgan fingerprint density at radius 3 is 1.31 bits per heavy atom. The van der Waals surface area contributed by atoms with Crippen LogP contribution in [0.15, 0.2) is 212 Å². The highest BCUT2D eigenvalue weighted by atomic mass is 15.0. The van der Waals surface area contributed by atoms with Gasteiger partial charge in [-0.1, -0.05) is 206 Å². The second-order valence-electron chi connectivity index (χ2n) is 14.0. The van der Waals surface area contributed by atoms with E-state index in [-0.39, 0.29) is 0 Å². The molecule has 3 heteroatoms. The topological polar surface area (TPSA) is 38.7 Å². The minimum absolute atomic E-state index is 0.466. The van der Waals surface area contributed by atoms with Crippen molar-refractivity contribution in [3.63, 3.8) is 0 Å². The van der Waals surface area contributed by atoms with Crippen molar-refractivity contribution in [2.75, 3.05) is 0 Å². The summed E-state index contributed by atoms with van der Waals surface area (Å²) in [4.78, 5) is 15.2. The second kappa shape index (κ2) is 13.6. The largest absolute Gasteiger partial charge is 0.208 e. The quantitative estimate of drug-likeness (QED) is 0.166. The first-order valence-electron chi connectivity index (χ1n) is 18.7. The molecule has 1 aliphatic carbocycles. The summed E-state index contributed by atoms with van der Waals surface area (Å²) in [5.41, 5.74) is 14.5. The average Bonchev–Trinajstić information content (AvgIpc) is 3.59. The molecule has 0 bridgehead atoms. The Kier molecular flexibility index (Phi) is 8.04. The Balaban J connectivity index is 1.13. The van der Waals surface area contributed by atoms with Gasteiger partial charge in [0.1, 0.15) is 0 Å². The number of hydrogen-bond acceptors (Lipinski definition) is 3. The molecule has 9 aromatic rings. The zero-order chi connectivity index (χ0) is 36.6. The molecule has 0 amide bonds. The Hall–Kier alpha value is -7.23. The zero-order valence-corrected chi connectivity index (χ0v) is 30.0. The minimum Gasteiger partial charge on any atom is -0.208 e. The van der Waals surface area contributed by atoms with Crippen molar-refractivity contribution in [1.29, 1.82) is 0 Å². The van der Waals surface area contributed by atoms with Crippen molar-refractivity contribution in [1.82, 2.24) is 15.0 Å². The van der Waals surface area contributed by atoms with Crippen LogP contribution in [0.1, 0.15) is 22.3 Å². The Morgan fingerprint density at radius 1 is 0.273 bits per heavy atom. The van der Waals surface area contributed by atoms with Crippen LogP contribution in [-0.2, 0) is 5.41 Å². The highest BCUT2D eigenvalue weighted by Gasteiger charge is 2.46. The van der Waals surface area contributed by atoms with Gasteiger partial charge in [0.25, 0.3) is 0 Å². The van der Waals surface area contributed by atoms with Crippen molar-refractivity contribution in [3.05, 3.63) is 235 Å². The summed E-state index contributed by atoms with van der Waals surface area (Å²) in [5.74, 6) is 1.91. The molecular formula is C52H35N3. The van der Waals surface area contributed by atoms with Crippen LogP contribution in [0.4, 0.5) is 0 Å². The maximum Gasteiger partial charge on any atom is 0.164 e. The van der Waals surface area contributed by atoms with Gasteiger partial charge in [-0.25, -0.2) is 15.0 Å². The van der Waals surface area contributed by atoms with Gasteiger partial charge in [0.05, 0.1) is 5.41 Å². The number of rotatable bonds is 7. The Labute approximate surface area is 321 Å². The third-order valence-corrected chi connectivity index (χ3v) is 10.8. The van der Waals surface area contributed by atoms with Gasteiger partial charge in [-0.2, -0.15) is 0 Å². The van der Waals surface area contributed by atoms with Crippen LogP contribution in [0.25, 0.3) is 67.5 Å². The molecule has 0 fully saturated rings. The van der Waals surface area contributed by atoms with Crippen LogP contribution in [0.2, 0.25) is 0 Å². The fourth-order valence-electron chi connectivity index (χ4n) is 8.35. The molecule has 0 atom stereocenters. The summed E-state index contributed by atoms with van der Waals surface area (Å²) < 4.78 is 0. The van der Waals surface area contributed by atoms with E-state index in [1.54, 1.807) is 0 Å². The van der Waals surface area contributed by atoms with Crippen molar-refractivity contribution in [3.8, 4) is 67.5 Å². The molecule has 0 N–H and O–H groups in total. The van der Waals surface area contributed by atoms with Crippen molar-refractivity contribution in [2.24, 2.45) is 0 Å². The fourth-order valence-corrected chi connectivity index (χ4v) is 8.35. The van der Waals surface area contributed by atoms with E-state index in [1.165, 1.54) is 44.5 Å². The molecule has 0 spiro atoms. The maximum atomic E-state index is 5.13. The molecule has 1 heterocycles. The molecule has 0 saturated heterocycles. The summed E-state index contributed by atoms with van der Waals surface area (Å²) in [5, 5.41) is 0. The summed E-state index contributed by atoms with van der Waals surface area (Å²) in [7, 11) is 0. The van der Waals surface area contributed by atoms with Gasteiger partial charge in [-0.3, -0.25) is 0 Å². The van der Waals surface area contributed by atoms with Gasteiger partial charge in [-0.05, 0) is 61.7 Å². The van der Waals surface area contributed by atoms with Crippen molar-refractivity contribution >= 4 is 0 Å². The third-order valence-electron chi connectivity index (χ3n) is 10.8. The summed E-state index contributed by atoms with van der Waals surface area (Å²) >= 11 is 0. The smallest absolute Gasteiger partial charge is 0.164 e. The molecule has 0 aliphatic heterocycles. The normalized spacial score (nSPS) is 12.5. The maximum absolute atomic E-state index is 5.13. The van der Waals surface area contributed by atoms with E-state index in [9.17, 15) is 0 Å². The van der Waals surface area contributed by atoms with Gasteiger partial charge in [0, 0.05) is 16.7 Å². The van der Waals surface area contributed by atoms with E-state index in [0.717, 1.165) is 27.8 Å². The van der Waals surface area contributed by atoms with E-state index in [1.807, 2.05) is 36.4 Å². The van der Waals surface area contributed by atoms with E-state index in [2.05, 4.69) is 176 Å². The van der Waals surface area contributed by atoms with Gasteiger partial charge in [0.15, 0.2) is 17.5 Å². The molecular weight excluding hydrogens is 667 g/mol. The Morgan fingerprint density at radius 2 is 0.673 bits per heavy atom. The van der Waals surface area contributed by atoms with Crippen LogP contribution in [0.5, 0.6) is 0 Å². The lowest BCUT2D eigenvalue weighted by atomic mass is 9.67. The highest BCUT2D eigenvalue weighted by Crippen LogP contribution is 2.58. The van der Waals surface area contributed by atoms with Crippen molar-refractivity contribution < 1.29 is 0 Å². The van der Waals surface area contributed by atoms with Crippen LogP contribution in [-0.4, -0.2) is 15.0 Å². The molecule has 1 aliphatic rings. The van der Waals surface area contributed by atoms with Gasteiger partial charge in [-0.15, -0.1) is 0 Å². The first kappa shape index (κ1) is 32.4. The monoisotopic (exact) mass is 701 g/mol. The number of benzene rings is 8. The average molecular weight is 702 g/mol. The molecule has 0 radical (unpaired) electrons. The van der Waals surface area contributed by atoms with E-state index >= 15 is 0 Å². The van der Waals surface area contributed by atoms with E-state index in [0.29, 0.717) is 17.5 Å². The predicted octanol–water partition coefficient (Wildman–Crippen LogP) is 12.6.